The molecule has 1 saturated carbocycles. The van der Waals surface area contributed by atoms with Crippen molar-refractivity contribution in [1.82, 2.24) is 5.32 Å². The molecule has 1 fully saturated rings. The molecule has 5 nitrogen and oxygen atoms in total. The van der Waals surface area contributed by atoms with Gasteiger partial charge < -0.3 is 14.8 Å². The topological polar surface area (TPSA) is 64.6 Å². The Morgan fingerprint density at radius 3 is 2.00 bits per heavy atom. The molecule has 0 aromatic rings. The molecule has 0 aromatic heterocycles. The second kappa shape index (κ2) is 20.1. The van der Waals surface area contributed by atoms with Gasteiger partial charge in [0.25, 0.3) is 0 Å². The maximum Gasteiger partial charge on any atom is 0.407 e. The fourth-order valence-corrected chi connectivity index (χ4v) is 4.77. The summed E-state index contributed by atoms with van der Waals surface area (Å²) in [6, 6.07) is -0.577. The highest BCUT2D eigenvalue weighted by Crippen LogP contribution is 2.27. The first-order valence-electron chi connectivity index (χ1n) is 14.2. The van der Waals surface area contributed by atoms with E-state index in [9.17, 15) is 9.59 Å². The van der Waals surface area contributed by atoms with E-state index < -0.39 is 12.1 Å². The first kappa shape index (κ1) is 29.8. The molecule has 1 aliphatic rings. The van der Waals surface area contributed by atoms with Gasteiger partial charge in [-0.1, -0.05) is 111 Å². The van der Waals surface area contributed by atoms with Gasteiger partial charge in [-0.15, -0.1) is 0 Å². The Kier molecular flexibility index (Phi) is 18.2. The molecule has 0 radical (unpaired) electrons. The summed E-state index contributed by atoms with van der Waals surface area (Å²) in [6.07, 6.45) is 20.4. The molecule has 2 unspecified atom stereocenters. The number of rotatable bonds is 19. The van der Waals surface area contributed by atoms with Crippen molar-refractivity contribution >= 4 is 12.1 Å². The zero-order chi connectivity index (χ0) is 24.2. The molecule has 0 spiro atoms. The van der Waals surface area contributed by atoms with Gasteiger partial charge in [-0.3, -0.25) is 0 Å². The number of esters is 1. The standard InChI is InChI=1S/C28H53NO4/c1-4-7-9-10-11-12-13-14-18-22-32-27(30)26(25-20-16-15-17-21-25)29-28(31)33-23-24(6-3)19-8-5-2/h24-26H,4-23H2,1-3H3,(H,29,31). The van der Waals surface area contributed by atoms with Gasteiger partial charge in [-0.2, -0.15) is 0 Å². The van der Waals surface area contributed by atoms with Crippen molar-refractivity contribution in [2.45, 2.75) is 142 Å². The number of hydrogen-bond donors (Lipinski definition) is 1. The summed E-state index contributed by atoms with van der Waals surface area (Å²) in [7, 11) is 0. The Hall–Kier alpha value is -1.26. The SMILES string of the molecule is CCCCCCCCCCCOC(=O)C(NC(=O)OCC(CC)CCCC)C1CCCCC1. The molecule has 194 valence electrons. The third-order valence-corrected chi connectivity index (χ3v) is 7.13. The second-order valence-corrected chi connectivity index (χ2v) is 10.0. The van der Waals surface area contributed by atoms with E-state index in [4.69, 9.17) is 9.47 Å². The van der Waals surface area contributed by atoms with Crippen LogP contribution in [0.1, 0.15) is 136 Å². The van der Waals surface area contributed by atoms with Crippen LogP contribution in [0.15, 0.2) is 0 Å². The number of nitrogens with one attached hydrogen (secondary N) is 1. The predicted octanol–water partition coefficient (Wildman–Crippen LogP) is 7.95. The number of carbonyl (C=O) groups is 2. The quantitative estimate of drug-likeness (QED) is 0.155. The molecule has 0 aromatic carbocycles. The smallest absolute Gasteiger partial charge is 0.407 e. The predicted molar refractivity (Wildman–Crippen MR) is 136 cm³/mol. The van der Waals surface area contributed by atoms with Crippen molar-refractivity contribution < 1.29 is 19.1 Å². The summed E-state index contributed by atoms with van der Waals surface area (Å²) in [5.41, 5.74) is 0. The first-order valence-corrected chi connectivity index (χ1v) is 14.2. The summed E-state index contributed by atoms with van der Waals surface area (Å²) in [6.45, 7) is 7.43. The Labute approximate surface area is 204 Å². The van der Waals surface area contributed by atoms with Crippen LogP contribution in [0.5, 0.6) is 0 Å². The minimum atomic E-state index is -0.577. The van der Waals surface area contributed by atoms with E-state index in [0.29, 0.717) is 19.1 Å². The van der Waals surface area contributed by atoms with Crippen LogP contribution in [-0.2, 0) is 14.3 Å². The summed E-state index contributed by atoms with van der Waals surface area (Å²) in [5.74, 6) is 0.267. The third-order valence-electron chi connectivity index (χ3n) is 7.13. The Morgan fingerprint density at radius 1 is 0.788 bits per heavy atom. The molecule has 33 heavy (non-hydrogen) atoms. The molecule has 1 amide bonds. The lowest BCUT2D eigenvalue weighted by Crippen LogP contribution is -2.48. The van der Waals surface area contributed by atoms with E-state index >= 15 is 0 Å². The fraction of sp³-hybridized carbons (Fsp3) is 0.929. The average molecular weight is 468 g/mol. The van der Waals surface area contributed by atoms with Crippen molar-refractivity contribution in [3.8, 4) is 0 Å². The highest BCUT2D eigenvalue weighted by Gasteiger charge is 2.32. The zero-order valence-electron chi connectivity index (χ0n) is 22.0. The molecule has 1 aliphatic carbocycles. The number of carbonyl (C=O) groups excluding carboxylic acids is 2. The number of ether oxygens (including phenoxy) is 2. The summed E-state index contributed by atoms with van der Waals surface area (Å²) in [5, 5.41) is 2.87. The number of amides is 1. The Bertz CT molecular complexity index is 490. The number of unbranched alkanes of at least 4 members (excludes halogenated alkanes) is 9. The molecule has 1 N–H and O–H groups in total. The Morgan fingerprint density at radius 2 is 1.39 bits per heavy atom. The molecule has 0 saturated heterocycles. The normalized spacial score (nSPS) is 16.2. The third kappa shape index (κ3) is 14.6. The van der Waals surface area contributed by atoms with Gasteiger partial charge in [0.05, 0.1) is 13.2 Å². The van der Waals surface area contributed by atoms with E-state index in [1.165, 1.54) is 51.4 Å². The molecular formula is C28H53NO4. The van der Waals surface area contributed by atoms with E-state index in [1.807, 2.05) is 0 Å². The lowest BCUT2D eigenvalue weighted by Gasteiger charge is -2.29. The Balaban J connectivity index is 2.36. The summed E-state index contributed by atoms with van der Waals surface area (Å²) < 4.78 is 11.1. The maximum absolute atomic E-state index is 12.9. The zero-order valence-corrected chi connectivity index (χ0v) is 22.0. The van der Waals surface area contributed by atoms with Crippen molar-refractivity contribution in [3.05, 3.63) is 0 Å². The molecule has 5 heteroatoms. The minimum absolute atomic E-state index is 0.156. The van der Waals surface area contributed by atoms with Crippen molar-refractivity contribution in [1.29, 1.82) is 0 Å². The minimum Gasteiger partial charge on any atom is -0.464 e. The van der Waals surface area contributed by atoms with Crippen LogP contribution in [0.25, 0.3) is 0 Å². The molecule has 0 heterocycles. The van der Waals surface area contributed by atoms with Crippen LogP contribution in [0.2, 0.25) is 0 Å². The van der Waals surface area contributed by atoms with Gasteiger partial charge >= 0.3 is 12.1 Å². The summed E-state index contributed by atoms with van der Waals surface area (Å²) >= 11 is 0. The van der Waals surface area contributed by atoms with Gasteiger partial charge in [-0.05, 0) is 37.5 Å². The van der Waals surface area contributed by atoms with Gasteiger partial charge in [0.1, 0.15) is 6.04 Å². The van der Waals surface area contributed by atoms with E-state index in [1.54, 1.807) is 0 Å². The lowest BCUT2D eigenvalue weighted by atomic mass is 9.84. The van der Waals surface area contributed by atoms with Crippen LogP contribution in [0.3, 0.4) is 0 Å². The first-order chi connectivity index (χ1) is 16.1. The van der Waals surface area contributed by atoms with Crippen LogP contribution in [0, 0.1) is 11.8 Å². The van der Waals surface area contributed by atoms with E-state index in [-0.39, 0.29) is 11.9 Å². The van der Waals surface area contributed by atoms with Crippen LogP contribution >= 0.6 is 0 Å². The van der Waals surface area contributed by atoms with Gasteiger partial charge in [0, 0.05) is 0 Å². The highest BCUT2D eigenvalue weighted by atomic mass is 16.6. The highest BCUT2D eigenvalue weighted by molar-refractivity contribution is 5.81. The second-order valence-electron chi connectivity index (χ2n) is 10.0. The largest absolute Gasteiger partial charge is 0.464 e. The fourth-order valence-electron chi connectivity index (χ4n) is 4.77. The molecule has 0 aliphatic heterocycles. The van der Waals surface area contributed by atoms with Crippen molar-refractivity contribution in [2.75, 3.05) is 13.2 Å². The average Bonchev–Trinajstić information content (AvgIpc) is 2.84. The van der Waals surface area contributed by atoms with Crippen LogP contribution < -0.4 is 5.32 Å². The summed E-state index contributed by atoms with van der Waals surface area (Å²) in [4.78, 5) is 25.4. The van der Waals surface area contributed by atoms with Crippen LogP contribution in [-0.4, -0.2) is 31.3 Å². The number of hydrogen-bond acceptors (Lipinski definition) is 4. The van der Waals surface area contributed by atoms with Crippen LogP contribution in [0.4, 0.5) is 4.79 Å². The van der Waals surface area contributed by atoms with Crippen molar-refractivity contribution in [2.24, 2.45) is 11.8 Å². The van der Waals surface area contributed by atoms with Gasteiger partial charge in [0.2, 0.25) is 0 Å². The monoisotopic (exact) mass is 467 g/mol. The van der Waals surface area contributed by atoms with Gasteiger partial charge in [0.15, 0.2) is 0 Å². The molecule has 2 atom stereocenters. The maximum atomic E-state index is 12.9. The van der Waals surface area contributed by atoms with Crippen molar-refractivity contribution in [3.63, 3.8) is 0 Å². The molecule has 1 rings (SSSR count). The lowest BCUT2D eigenvalue weighted by molar-refractivity contribution is -0.148. The van der Waals surface area contributed by atoms with E-state index in [0.717, 1.165) is 64.2 Å². The molecule has 0 bridgehead atoms. The molecular weight excluding hydrogens is 414 g/mol. The van der Waals surface area contributed by atoms with E-state index in [2.05, 4.69) is 26.1 Å². The number of alkyl carbamates (subject to hydrolysis) is 1. The van der Waals surface area contributed by atoms with Gasteiger partial charge in [-0.25, -0.2) is 9.59 Å².